The lowest BCUT2D eigenvalue weighted by Gasteiger charge is -2.35. The first-order valence-corrected chi connectivity index (χ1v) is 8.06. The first kappa shape index (κ1) is 15.6. The summed E-state index contributed by atoms with van der Waals surface area (Å²) in [7, 11) is 0. The number of rotatable bonds is 3. The number of likely N-dealkylation sites (tertiary alicyclic amines) is 1. The molecule has 2 fully saturated rings. The molecular formula is C15H28N2O3. The van der Waals surface area contributed by atoms with Gasteiger partial charge in [-0.2, -0.15) is 0 Å². The van der Waals surface area contributed by atoms with Crippen molar-refractivity contribution in [2.75, 3.05) is 19.7 Å². The van der Waals surface area contributed by atoms with Crippen molar-refractivity contribution in [2.45, 2.75) is 70.1 Å². The molecule has 1 saturated carbocycles. The topological polar surface area (TPSA) is 61.8 Å². The predicted octanol–water partition coefficient (Wildman–Crippen LogP) is 1.89. The number of hydrogen-bond acceptors (Lipinski definition) is 4. The van der Waals surface area contributed by atoms with Crippen LogP contribution in [-0.2, 0) is 4.74 Å². The molecule has 1 aliphatic carbocycles. The van der Waals surface area contributed by atoms with Gasteiger partial charge in [0.05, 0.1) is 12.7 Å². The number of nitrogens with one attached hydrogen (secondary N) is 1. The second kappa shape index (κ2) is 7.84. The van der Waals surface area contributed by atoms with E-state index in [0.717, 1.165) is 45.2 Å². The molecule has 2 atom stereocenters. The van der Waals surface area contributed by atoms with Gasteiger partial charge in [0.1, 0.15) is 0 Å². The van der Waals surface area contributed by atoms with Crippen LogP contribution < -0.4 is 5.32 Å². The van der Waals surface area contributed by atoms with E-state index in [0.29, 0.717) is 12.6 Å². The van der Waals surface area contributed by atoms with Crippen LogP contribution in [0.4, 0.5) is 4.79 Å². The highest BCUT2D eigenvalue weighted by molar-refractivity contribution is 5.67. The number of ether oxygens (including phenoxy) is 1. The smallest absolute Gasteiger partial charge is 0.409 e. The van der Waals surface area contributed by atoms with Gasteiger partial charge in [-0.3, -0.25) is 0 Å². The molecule has 1 amide bonds. The summed E-state index contributed by atoms with van der Waals surface area (Å²) in [5.41, 5.74) is 0. The summed E-state index contributed by atoms with van der Waals surface area (Å²) in [6, 6.07) is 0.648. The number of piperidine rings is 1. The van der Waals surface area contributed by atoms with Crippen LogP contribution in [0.3, 0.4) is 0 Å². The fourth-order valence-electron chi connectivity index (χ4n) is 3.23. The maximum absolute atomic E-state index is 11.6. The Kier molecular flexibility index (Phi) is 6.10. The highest BCUT2D eigenvalue weighted by Crippen LogP contribution is 2.20. The maximum atomic E-state index is 11.6. The van der Waals surface area contributed by atoms with Gasteiger partial charge >= 0.3 is 6.09 Å². The lowest BCUT2D eigenvalue weighted by atomic mass is 10.00. The van der Waals surface area contributed by atoms with E-state index < -0.39 is 0 Å². The van der Waals surface area contributed by atoms with Crippen molar-refractivity contribution in [3.63, 3.8) is 0 Å². The van der Waals surface area contributed by atoms with E-state index in [1.807, 2.05) is 6.92 Å². The number of nitrogens with zero attached hydrogens (tertiary/aromatic N) is 1. The number of hydrogen-bond donors (Lipinski definition) is 2. The summed E-state index contributed by atoms with van der Waals surface area (Å²) in [5, 5.41) is 13.8. The van der Waals surface area contributed by atoms with Crippen LogP contribution in [0.1, 0.15) is 51.9 Å². The van der Waals surface area contributed by atoms with Crippen LogP contribution in [0, 0.1) is 0 Å². The zero-order valence-electron chi connectivity index (χ0n) is 12.5. The Bertz CT molecular complexity index is 303. The van der Waals surface area contributed by atoms with E-state index >= 15 is 0 Å². The summed E-state index contributed by atoms with van der Waals surface area (Å²) in [4.78, 5) is 13.4. The Balaban J connectivity index is 1.74. The monoisotopic (exact) mass is 284 g/mol. The van der Waals surface area contributed by atoms with Gasteiger partial charge in [-0.1, -0.05) is 19.3 Å². The zero-order chi connectivity index (χ0) is 14.4. The first-order chi connectivity index (χ1) is 9.70. The minimum atomic E-state index is -0.208. The van der Waals surface area contributed by atoms with Crippen molar-refractivity contribution in [1.29, 1.82) is 0 Å². The standard InChI is InChI=1S/C15H28N2O3/c1-2-20-15(19)17-10-8-12(9-11-17)16-13-6-4-3-5-7-14(13)18/h12-14,16,18H,2-11H2,1H3. The lowest BCUT2D eigenvalue weighted by molar-refractivity contribution is 0.0835. The van der Waals surface area contributed by atoms with Gasteiger partial charge < -0.3 is 20.1 Å². The van der Waals surface area contributed by atoms with E-state index in [1.54, 1.807) is 4.90 Å². The molecule has 0 spiro atoms. The number of carbonyl (C=O) groups excluding carboxylic acids is 1. The van der Waals surface area contributed by atoms with E-state index in [9.17, 15) is 9.90 Å². The normalized spacial score (nSPS) is 29.0. The Morgan fingerprint density at radius 1 is 1.20 bits per heavy atom. The molecule has 5 heteroatoms. The van der Waals surface area contributed by atoms with Crippen molar-refractivity contribution in [2.24, 2.45) is 0 Å². The van der Waals surface area contributed by atoms with Gasteiger partial charge in [0.25, 0.3) is 0 Å². The largest absolute Gasteiger partial charge is 0.450 e. The predicted molar refractivity (Wildman–Crippen MR) is 77.6 cm³/mol. The van der Waals surface area contributed by atoms with Crippen molar-refractivity contribution in [3.8, 4) is 0 Å². The number of aliphatic hydroxyl groups excluding tert-OH is 1. The summed E-state index contributed by atoms with van der Waals surface area (Å²) in [5.74, 6) is 0. The van der Waals surface area contributed by atoms with Gasteiger partial charge in [0.2, 0.25) is 0 Å². The quantitative estimate of drug-likeness (QED) is 0.777. The average molecular weight is 284 g/mol. The fourth-order valence-corrected chi connectivity index (χ4v) is 3.23. The third-order valence-corrected chi connectivity index (χ3v) is 4.45. The molecule has 0 aromatic rings. The second-order valence-corrected chi connectivity index (χ2v) is 5.94. The van der Waals surface area contributed by atoms with Crippen molar-refractivity contribution in [1.82, 2.24) is 10.2 Å². The van der Waals surface area contributed by atoms with Gasteiger partial charge in [-0.15, -0.1) is 0 Å². The van der Waals surface area contributed by atoms with Crippen LogP contribution in [0.15, 0.2) is 0 Å². The first-order valence-electron chi connectivity index (χ1n) is 8.06. The molecule has 0 aromatic carbocycles. The Morgan fingerprint density at radius 3 is 2.60 bits per heavy atom. The fraction of sp³-hybridized carbons (Fsp3) is 0.933. The number of aliphatic hydroxyl groups is 1. The second-order valence-electron chi connectivity index (χ2n) is 5.94. The van der Waals surface area contributed by atoms with E-state index in [4.69, 9.17) is 4.74 Å². The molecule has 0 radical (unpaired) electrons. The van der Waals surface area contributed by atoms with Crippen LogP contribution in [0.2, 0.25) is 0 Å². The molecule has 0 bridgehead atoms. The van der Waals surface area contributed by atoms with Gasteiger partial charge in [0, 0.05) is 25.2 Å². The maximum Gasteiger partial charge on any atom is 0.409 e. The van der Waals surface area contributed by atoms with Crippen molar-refractivity contribution < 1.29 is 14.6 Å². The minimum absolute atomic E-state index is 0.194. The molecule has 5 nitrogen and oxygen atoms in total. The molecule has 1 heterocycles. The lowest BCUT2D eigenvalue weighted by Crippen LogP contribution is -2.50. The Morgan fingerprint density at radius 2 is 1.90 bits per heavy atom. The number of amides is 1. The third kappa shape index (κ3) is 4.35. The summed E-state index contributed by atoms with van der Waals surface area (Å²) in [6.45, 7) is 3.77. The SMILES string of the molecule is CCOC(=O)N1CCC(NC2CCCCCC2O)CC1. The van der Waals surface area contributed by atoms with Crippen LogP contribution in [-0.4, -0.2) is 54.0 Å². The Hall–Kier alpha value is -0.810. The third-order valence-electron chi connectivity index (χ3n) is 4.45. The van der Waals surface area contributed by atoms with E-state index in [1.165, 1.54) is 12.8 Å². The molecule has 0 aromatic heterocycles. The molecule has 2 aliphatic rings. The zero-order valence-corrected chi connectivity index (χ0v) is 12.5. The van der Waals surface area contributed by atoms with E-state index in [2.05, 4.69) is 5.32 Å². The molecule has 1 saturated heterocycles. The van der Waals surface area contributed by atoms with Crippen molar-refractivity contribution >= 4 is 6.09 Å². The van der Waals surface area contributed by atoms with Gasteiger partial charge in [-0.05, 0) is 32.6 Å². The summed E-state index contributed by atoms with van der Waals surface area (Å²) < 4.78 is 5.03. The highest BCUT2D eigenvalue weighted by Gasteiger charge is 2.28. The minimum Gasteiger partial charge on any atom is -0.450 e. The summed E-state index contributed by atoms with van der Waals surface area (Å²) in [6.07, 6.45) is 7.05. The molecule has 2 N–H and O–H groups in total. The van der Waals surface area contributed by atoms with Gasteiger partial charge in [-0.25, -0.2) is 4.79 Å². The molecule has 1 aliphatic heterocycles. The summed E-state index contributed by atoms with van der Waals surface area (Å²) >= 11 is 0. The van der Waals surface area contributed by atoms with Crippen LogP contribution >= 0.6 is 0 Å². The van der Waals surface area contributed by atoms with Crippen LogP contribution in [0.25, 0.3) is 0 Å². The van der Waals surface area contributed by atoms with Crippen molar-refractivity contribution in [3.05, 3.63) is 0 Å². The average Bonchev–Trinajstić information content (AvgIpc) is 2.65. The van der Waals surface area contributed by atoms with E-state index in [-0.39, 0.29) is 18.2 Å². The number of carbonyl (C=O) groups is 1. The molecule has 20 heavy (non-hydrogen) atoms. The highest BCUT2D eigenvalue weighted by atomic mass is 16.6. The molecular weight excluding hydrogens is 256 g/mol. The van der Waals surface area contributed by atoms with Crippen LogP contribution in [0.5, 0.6) is 0 Å². The molecule has 2 rings (SSSR count). The Labute approximate surface area is 121 Å². The van der Waals surface area contributed by atoms with Gasteiger partial charge in [0.15, 0.2) is 0 Å². The molecule has 2 unspecified atom stereocenters. The molecule has 116 valence electrons.